The van der Waals surface area contributed by atoms with Gasteiger partial charge in [0.2, 0.25) is 21.8 Å². The van der Waals surface area contributed by atoms with Crippen LogP contribution in [-0.2, 0) is 24.3 Å². The molecule has 2 rings (SSSR count). The van der Waals surface area contributed by atoms with Crippen molar-refractivity contribution in [3.63, 3.8) is 0 Å². The number of nitrogens with zero attached hydrogens (tertiary/aromatic N) is 1. The van der Waals surface area contributed by atoms with Gasteiger partial charge in [0.1, 0.15) is 6.04 Å². The minimum atomic E-state index is -3.86. The van der Waals surface area contributed by atoms with Gasteiger partial charge in [-0.05, 0) is 58.1 Å². The molecule has 1 aromatic carbocycles. The third kappa shape index (κ3) is 7.79. The number of aryl methyl sites for hydroxylation is 1. The van der Waals surface area contributed by atoms with Crippen LogP contribution in [0.5, 0.6) is 0 Å². The van der Waals surface area contributed by atoms with Gasteiger partial charge in [-0.15, -0.1) is 0 Å². The first-order chi connectivity index (χ1) is 15.4. The first-order valence-corrected chi connectivity index (χ1v) is 13.1. The molecule has 1 aliphatic rings. The van der Waals surface area contributed by atoms with E-state index in [0.717, 1.165) is 24.8 Å². The molecule has 1 aromatic rings. The third-order valence-electron chi connectivity index (χ3n) is 6.07. The van der Waals surface area contributed by atoms with Crippen LogP contribution in [0.2, 0.25) is 0 Å². The van der Waals surface area contributed by atoms with E-state index in [2.05, 4.69) is 10.0 Å². The average Bonchev–Trinajstić information content (AvgIpc) is 3.24. The molecule has 2 unspecified atom stereocenters. The summed E-state index contributed by atoms with van der Waals surface area (Å²) in [6.07, 6.45) is 2.26. The smallest absolute Gasteiger partial charge is 0.243 e. The van der Waals surface area contributed by atoms with Crippen LogP contribution in [0.25, 0.3) is 0 Å². The molecule has 9 heteroatoms. The molecule has 0 aromatic heterocycles. The first kappa shape index (κ1) is 27.3. The molecule has 2 atom stereocenters. The van der Waals surface area contributed by atoms with E-state index >= 15 is 0 Å². The zero-order chi connectivity index (χ0) is 24.8. The molecular weight excluding hydrogens is 442 g/mol. The van der Waals surface area contributed by atoms with E-state index < -0.39 is 34.1 Å². The lowest BCUT2D eigenvalue weighted by Gasteiger charge is -2.37. The highest BCUT2D eigenvalue weighted by Crippen LogP contribution is 2.20. The second-order valence-corrected chi connectivity index (χ2v) is 11.5. The highest BCUT2D eigenvalue weighted by atomic mass is 32.2. The van der Waals surface area contributed by atoms with Gasteiger partial charge in [0.05, 0.1) is 17.5 Å². The fourth-order valence-electron chi connectivity index (χ4n) is 3.74. The predicted molar refractivity (Wildman–Crippen MR) is 128 cm³/mol. The van der Waals surface area contributed by atoms with Gasteiger partial charge in [0.25, 0.3) is 0 Å². The molecule has 1 aliphatic heterocycles. The van der Waals surface area contributed by atoms with Crippen LogP contribution in [0.1, 0.15) is 59.4 Å². The summed E-state index contributed by atoms with van der Waals surface area (Å²) in [6.45, 7) is 11.9. The Morgan fingerprint density at radius 2 is 1.85 bits per heavy atom. The number of ether oxygens (including phenoxy) is 1. The van der Waals surface area contributed by atoms with Gasteiger partial charge in [-0.1, -0.05) is 38.5 Å². The molecule has 8 nitrogen and oxygen atoms in total. The van der Waals surface area contributed by atoms with Crippen molar-refractivity contribution in [2.75, 3.05) is 19.7 Å². The molecular formula is C24H39N3O5S. The summed E-state index contributed by atoms with van der Waals surface area (Å²) in [5.41, 5.74) is 0.518. The van der Waals surface area contributed by atoms with E-state index in [1.807, 2.05) is 41.5 Å². The first-order valence-electron chi connectivity index (χ1n) is 11.7. The Kier molecular flexibility index (Phi) is 9.46. The fourth-order valence-corrected chi connectivity index (χ4v) is 4.71. The molecule has 0 aliphatic carbocycles. The van der Waals surface area contributed by atoms with E-state index in [0.29, 0.717) is 6.61 Å². The van der Waals surface area contributed by atoms with E-state index in [9.17, 15) is 18.0 Å². The quantitative estimate of drug-likeness (QED) is 0.506. The number of rotatable bonds is 11. The van der Waals surface area contributed by atoms with E-state index in [1.54, 1.807) is 12.1 Å². The number of amides is 2. The van der Waals surface area contributed by atoms with Crippen molar-refractivity contribution in [1.82, 2.24) is 14.9 Å². The van der Waals surface area contributed by atoms with Crippen molar-refractivity contribution >= 4 is 21.8 Å². The summed E-state index contributed by atoms with van der Waals surface area (Å²) in [7, 11) is -3.86. The van der Waals surface area contributed by atoms with Gasteiger partial charge >= 0.3 is 0 Å². The molecule has 1 heterocycles. The molecule has 2 amide bonds. The Labute approximate surface area is 198 Å². The van der Waals surface area contributed by atoms with Gasteiger partial charge in [0, 0.05) is 18.7 Å². The highest BCUT2D eigenvalue weighted by Gasteiger charge is 2.36. The Morgan fingerprint density at radius 3 is 2.36 bits per heavy atom. The molecule has 0 bridgehead atoms. The normalized spacial score (nSPS) is 17.7. The number of hydrogen-bond acceptors (Lipinski definition) is 5. The lowest BCUT2D eigenvalue weighted by atomic mass is 9.96. The summed E-state index contributed by atoms with van der Waals surface area (Å²) in [5, 5.41) is 3.04. The van der Waals surface area contributed by atoms with Crippen molar-refractivity contribution in [3.8, 4) is 0 Å². The van der Waals surface area contributed by atoms with Crippen LogP contribution >= 0.6 is 0 Å². The van der Waals surface area contributed by atoms with Crippen LogP contribution in [0.15, 0.2) is 29.2 Å². The summed E-state index contributed by atoms with van der Waals surface area (Å²) in [5.74, 6) is -0.870. The molecule has 1 fully saturated rings. The Balaban J connectivity index is 2.23. The lowest BCUT2D eigenvalue weighted by Crippen LogP contribution is -2.59. The van der Waals surface area contributed by atoms with Crippen LogP contribution in [0.4, 0.5) is 0 Å². The van der Waals surface area contributed by atoms with Crippen molar-refractivity contribution in [2.45, 2.75) is 83.4 Å². The van der Waals surface area contributed by atoms with E-state index in [-0.39, 0.29) is 29.4 Å². The molecule has 0 spiro atoms. The van der Waals surface area contributed by atoms with Crippen LogP contribution < -0.4 is 10.0 Å². The molecule has 33 heavy (non-hydrogen) atoms. The largest absolute Gasteiger partial charge is 0.376 e. The summed E-state index contributed by atoms with van der Waals surface area (Å²) in [6, 6.07) is 5.67. The number of carbonyl (C=O) groups is 2. The number of nitrogens with one attached hydrogen (secondary N) is 2. The minimum absolute atomic E-state index is 0.0921. The highest BCUT2D eigenvalue weighted by molar-refractivity contribution is 7.89. The summed E-state index contributed by atoms with van der Waals surface area (Å²) >= 11 is 0. The number of benzene rings is 1. The summed E-state index contributed by atoms with van der Waals surface area (Å²) in [4.78, 5) is 28.1. The third-order valence-corrected chi connectivity index (χ3v) is 7.49. The maximum Gasteiger partial charge on any atom is 0.243 e. The van der Waals surface area contributed by atoms with Gasteiger partial charge in [0.15, 0.2) is 0 Å². The SMILES string of the molecule is CCC(C)(C)NC(=O)C(C(C)C)N(CC1CCCO1)C(=O)CNS(=O)(=O)c1ccc(C)cc1. The second-order valence-electron chi connectivity index (χ2n) is 9.73. The van der Waals surface area contributed by atoms with Crippen molar-refractivity contribution in [1.29, 1.82) is 0 Å². The predicted octanol–water partition coefficient (Wildman–Crippen LogP) is 2.61. The van der Waals surface area contributed by atoms with Crippen LogP contribution in [0, 0.1) is 12.8 Å². The molecule has 0 radical (unpaired) electrons. The Bertz CT molecular complexity index is 907. The van der Waals surface area contributed by atoms with Crippen molar-refractivity contribution in [2.24, 2.45) is 5.92 Å². The van der Waals surface area contributed by atoms with Gasteiger partial charge in [-0.3, -0.25) is 9.59 Å². The number of carbonyl (C=O) groups excluding carboxylic acids is 2. The Hall–Kier alpha value is -1.97. The van der Waals surface area contributed by atoms with Gasteiger partial charge < -0.3 is 15.0 Å². The van der Waals surface area contributed by atoms with E-state index in [1.165, 1.54) is 17.0 Å². The van der Waals surface area contributed by atoms with Crippen LogP contribution in [0.3, 0.4) is 0 Å². The van der Waals surface area contributed by atoms with Gasteiger partial charge in [-0.25, -0.2) is 13.1 Å². The van der Waals surface area contributed by atoms with Crippen molar-refractivity contribution < 1.29 is 22.7 Å². The number of sulfonamides is 1. The Morgan fingerprint density at radius 1 is 1.21 bits per heavy atom. The standard InChI is InChI=1S/C24H39N3O5S/c1-7-24(5,6)26-23(29)22(17(2)3)27(16-19-9-8-14-32-19)21(28)15-25-33(30,31)20-12-10-18(4)11-13-20/h10-13,17,19,22,25H,7-9,14-16H2,1-6H3,(H,26,29). The van der Waals surface area contributed by atoms with Gasteiger partial charge in [-0.2, -0.15) is 0 Å². The molecule has 0 saturated carbocycles. The van der Waals surface area contributed by atoms with Crippen LogP contribution in [-0.4, -0.2) is 62.5 Å². The second kappa shape index (κ2) is 11.4. The zero-order valence-electron chi connectivity index (χ0n) is 20.7. The maximum atomic E-state index is 13.3. The number of hydrogen-bond donors (Lipinski definition) is 2. The molecule has 1 saturated heterocycles. The minimum Gasteiger partial charge on any atom is -0.376 e. The van der Waals surface area contributed by atoms with Crippen molar-refractivity contribution in [3.05, 3.63) is 29.8 Å². The average molecular weight is 482 g/mol. The molecule has 2 N–H and O–H groups in total. The zero-order valence-corrected chi connectivity index (χ0v) is 21.5. The molecule has 186 valence electrons. The maximum absolute atomic E-state index is 13.3. The van der Waals surface area contributed by atoms with E-state index in [4.69, 9.17) is 4.74 Å². The fraction of sp³-hybridized carbons (Fsp3) is 0.667. The lowest BCUT2D eigenvalue weighted by molar-refractivity contribution is -0.144. The monoisotopic (exact) mass is 481 g/mol. The topological polar surface area (TPSA) is 105 Å². The summed E-state index contributed by atoms with van der Waals surface area (Å²) < 4.78 is 33.5.